The predicted molar refractivity (Wildman–Crippen MR) is 18.1 cm³/mol. The summed E-state index contributed by atoms with van der Waals surface area (Å²) in [7, 11) is 1.00. The molecule has 0 aromatic heterocycles. The summed E-state index contributed by atoms with van der Waals surface area (Å²) >= 11 is 0. The summed E-state index contributed by atoms with van der Waals surface area (Å²) < 4.78 is 0. The molecule has 0 aliphatic carbocycles. The fourth-order valence-electron chi connectivity index (χ4n) is 0. The predicted octanol–water partition coefficient (Wildman–Crippen LogP) is -3.20. The van der Waals surface area contributed by atoms with Gasteiger partial charge in [0.2, 0.25) is 0 Å². The molecular weight excluding hydrogens is 227 g/mol. The van der Waals surface area contributed by atoms with Crippen LogP contribution < -0.4 is 51.4 Å². The van der Waals surface area contributed by atoms with Crippen LogP contribution in [0, 0.1) is 23.7 Å². The molecule has 0 atom stereocenters. The van der Waals surface area contributed by atoms with Crippen LogP contribution >= 0.6 is 0 Å². The maximum Gasteiger partial charge on any atom is 1.00 e. The molecule has 0 saturated heterocycles. The third-order valence-corrected chi connectivity index (χ3v) is 0. The number of hydrogen-bond acceptors (Lipinski definition) is 3. The summed E-state index contributed by atoms with van der Waals surface area (Å²) in [5.41, 5.74) is 0. The fourth-order valence-corrected chi connectivity index (χ4v) is 0. The SMILES string of the molecule is CO.[Ag+].[C-]#N.[C-]#N.[K+]. The van der Waals surface area contributed by atoms with Crippen molar-refractivity contribution in [1.82, 2.24) is 0 Å². The minimum atomic E-state index is 0. The third kappa shape index (κ3) is 168. The van der Waals surface area contributed by atoms with Crippen molar-refractivity contribution in [2.45, 2.75) is 0 Å². The Morgan fingerprint density at radius 1 is 1.00 bits per heavy atom. The zero-order valence-electron chi connectivity index (χ0n) is 4.64. The second kappa shape index (κ2) is 257. The minimum Gasteiger partial charge on any atom is -0.512 e. The molecule has 5 heteroatoms. The standard InChI is InChI=1S/2CN.CH4O.Ag.K/c3*1-2;;/h;;2H,1H3;;/q2*-1;;2*+1. The van der Waals surface area contributed by atoms with Crippen LogP contribution in [-0.2, 0) is 22.4 Å². The molecule has 0 spiro atoms. The van der Waals surface area contributed by atoms with E-state index in [0.29, 0.717) is 0 Å². The summed E-state index contributed by atoms with van der Waals surface area (Å²) in [6, 6.07) is 0. The van der Waals surface area contributed by atoms with Gasteiger partial charge in [0.1, 0.15) is 0 Å². The summed E-state index contributed by atoms with van der Waals surface area (Å²) in [5, 5.41) is 19.5. The second-order valence-corrected chi connectivity index (χ2v) is 0. The molecule has 44 valence electrons. The van der Waals surface area contributed by atoms with Gasteiger partial charge in [-0.15, -0.1) is 0 Å². The van der Waals surface area contributed by atoms with Crippen molar-refractivity contribution in [1.29, 1.82) is 10.5 Å². The van der Waals surface area contributed by atoms with Crippen molar-refractivity contribution < 1.29 is 78.9 Å². The molecule has 0 rings (SSSR count). The summed E-state index contributed by atoms with van der Waals surface area (Å²) in [4.78, 5) is 0. The van der Waals surface area contributed by atoms with Crippen LogP contribution in [-0.4, -0.2) is 12.2 Å². The Balaban J connectivity index is -0.00000000500. The number of aliphatic hydroxyl groups is 1. The Hall–Kier alpha value is 1.32. The van der Waals surface area contributed by atoms with E-state index in [0.717, 1.165) is 7.11 Å². The van der Waals surface area contributed by atoms with E-state index in [4.69, 9.17) is 28.8 Å². The molecule has 0 aromatic carbocycles. The van der Waals surface area contributed by atoms with Gasteiger partial charge in [-0.05, 0) is 0 Å². The molecule has 0 aromatic rings. The van der Waals surface area contributed by atoms with Gasteiger partial charge in [0, 0.05) is 7.11 Å². The van der Waals surface area contributed by atoms with E-state index in [1.807, 2.05) is 0 Å². The quantitative estimate of drug-likeness (QED) is 0.352. The molecule has 0 saturated carbocycles. The first-order chi connectivity index (χ1) is 3.00. The fraction of sp³-hybridized carbons (Fsp3) is 0.333. The summed E-state index contributed by atoms with van der Waals surface area (Å²) in [5.74, 6) is 0. The van der Waals surface area contributed by atoms with Crippen molar-refractivity contribution in [3.63, 3.8) is 0 Å². The number of rotatable bonds is 0. The van der Waals surface area contributed by atoms with Crippen molar-refractivity contribution >= 4 is 0 Å². The van der Waals surface area contributed by atoms with Gasteiger partial charge in [0.25, 0.3) is 0 Å². The van der Waals surface area contributed by atoms with Gasteiger partial charge in [0.05, 0.1) is 0 Å². The first-order valence-corrected chi connectivity index (χ1v) is 0.894. The molecule has 3 nitrogen and oxygen atoms in total. The molecule has 0 heterocycles. The first-order valence-electron chi connectivity index (χ1n) is 0.894. The largest absolute Gasteiger partial charge is 1.00 e. The smallest absolute Gasteiger partial charge is 0.512 e. The van der Waals surface area contributed by atoms with Gasteiger partial charge in [0.15, 0.2) is 0 Å². The number of hydrogen-bond donors (Lipinski definition) is 1. The average molecular weight is 231 g/mol. The van der Waals surface area contributed by atoms with E-state index in [-0.39, 0.29) is 73.8 Å². The first kappa shape index (κ1) is 34.6. The van der Waals surface area contributed by atoms with E-state index in [2.05, 4.69) is 0 Å². The maximum atomic E-state index is 7.00. The number of nitrogens with zero attached hydrogens (tertiary/aromatic N) is 2. The maximum absolute atomic E-state index is 7.00. The third-order valence-electron chi connectivity index (χ3n) is 0. The molecule has 8 heavy (non-hydrogen) atoms. The van der Waals surface area contributed by atoms with E-state index in [1.54, 1.807) is 0 Å². The van der Waals surface area contributed by atoms with Crippen molar-refractivity contribution in [2.24, 2.45) is 0 Å². The minimum absolute atomic E-state index is 0. The van der Waals surface area contributed by atoms with Gasteiger partial charge < -0.3 is 28.8 Å². The Bertz CT molecular complexity index is 32.8. The van der Waals surface area contributed by atoms with Gasteiger partial charge in [-0.2, -0.15) is 0 Å². The van der Waals surface area contributed by atoms with Gasteiger partial charge in [-0.1, -0.05) is 0 Å². The van der Waals surface area contributed by atoms with Crippen LogP contribution in [0.4, 0.5) is 0 Å². The molecule has 0 bridgehead atoms. The van der Waals surface area contributed by atoms with E-state index in [1.165, 1.54) is 0 Å². The average Bonchev–Trinajstić information content (AvgIpc) is 1.81. The van der Waals surface area contributed by atoms with Crippen LogP contribution in [0.25, 0.3) is 0 Å². The second-order valence-electron chi connectivity index (χ2n) is 0. The Kier molecular flexibility index (Phi) is 1110. The Morgan fingerprint density at radius 2 is 1.00 bits per heavy atom. The number of aliphatic hydroxyl groups excluding tert-OH is 1. The Labute approximate surface area is 108 Å². The molecule has 0 unspecified atom stereocenters. The molecule has 0 radical (unpaired) electrons. The molecular formula is C3H4AgKN2O. The van der Waals surface area contributed by atoms with Crippen molar-refractivity contribution in [3.05, 3.63) is 13.1 Å². The molecule has 0 amide bonds. The van der Waals surface area contributed by atoms with Crippen LogP contribution in [0.3, 0.4) is 0 Å². The van der Waals surface area contributed by atoms with Gasteiger partial charge >= 0.3 is 73.8 Å². The normalized spacial score (nSPS) is 1.25. The van der Waals surface area contributed by atoms with Crippen LogP contribution in [0.15, 0.2) is 0 Å². The van der Waals surface area contributed by atoms with Crippen molar-refractivity contribution in [3.8, 4) is 0 Å². The van der Waals surface area contributed by atoms with E-state index < -0.39 is 0 Å². The topological polar surface area (TPSA) is 67.8 Å². The van der Waals surface area contributed by atoms with Crippen LogP contribution in [0.2, 0.25) is 0 Å². The summed E-state index contributed by atoms with van der Waals surface area (Å²) in [6.45, 7) is 9.50. The monoisotopic (exact) mass is 230 g/mol. The zero-order chi connectivity index (χ0) is 6.00. The van der Waals surface area contributed by atoms with Crippen LogP contribution in [0.1, 0.15) is 0 Å². The molecule has 1 N–H and O–H groups in total. The summed E-state index contributed by atoms with van der Waals surface area (Å²) in [6.07, 6.45) is 0. The zero-order valence-corrected chi connectivity index (χ0v) is 9.25. The van der Waals surface area contributed by atoms with E-state index in [9.17, 15) is 0 Å². The molecule has 0 aliphatic rings. The van der Waals surface area contributed by atoms with E-state index >= 15 is 0 Å². The molecule has 0 fully saturated rings. The Morgan fingerprint density at radius 3 is 1.00 bits per heavy atom. The van der Waals surface area contributed by atoms with Gasteiger partial charge in [-0.3, -0.25) is 0 Å². The van der Waals surface area contributed by atoms with Gasteiger partial charge in [-0.25, -0.2) is 0 Å². The van der Waals surface area contributed by atoms with Crippen molar-refractivity contribution in [2.75, 3.05) is 7.11 Å². The van der Waals surface area contributed by atoms with Crippen LogP contribution in [0.5, 0.6) is 0 Å². The molecule has 0 aliphatic heterocycles.